The third kappa shape index (κ3) is 4.08. The molecule has 1 rings (SSSR count). The van der Waals surface area contributed by atoms with E-state index < -0.39 is 23.7 Å². The molecule has 1 aromatic heterocycles. The van der Waals surface area contributed by atoms with Crippen LogP contribution in [0.2, 0.25) is 0 Å². The number of carbonyl (C=O) groups is 2. The molecule has 0 aromatic carbocycles. The first-order chi connectivity index (χ1) is 8.19. The largest absolute Gasteiger partial charge is 0.479 e. The number of aryl methyl sites for hydroxylation is 1. The van der Waals surface area contributed by atoms with Crippen molar-refractivity contribution in [2.75, 3.05) is 0 Å². The van der Waals surface area contributed by atoms with E-state index in [0.29, 0.717) is 11.5 Å². The third-order valence-corrected chi connectivity index (χ3v) is 1.94. The van der Waals surface area contributed by atoms with Gasteiger partial charge in [-0.1, -0.05) is 0 Å². The average molecular weight is 255 g/mol. The number of alkyl carbamates (subject to hydrolysis) is 1. The van der Waals surface area contributed by atoms with E-state index in [1.807, 2.05) is 0 Å². The first kappa shape index (κ1) is 14.0. The van der Waals surface area contributed by atoms with Crippen LogP contribution in [0.3, 0.4) is 0 Å². The van der Waals surface area contributed by atoms with Crippen molar-refractivity contribution in [1.29, 1.82) is 0 Å². The van der Waals surface area contributed by atoms with Crippen LogP contribution >= 0.6 is 0 Å². The van der Waals surface area contributed by atoms with Crippen LogP contribution in [0.1, 0.15) is 38.3 Å². The van der Waals surface area contributed by atoms with Gasteiger partial charge in [0.2, 0.25) is 0 Å². The average Bonchev–Trinajstić information content (AvgIpc) is 2.57. The molecule has 0 bridgehead atoms. The van der Waals surface area contributed by atoms with Crippen molar-refractivity contribution in [1.82, 2.24) is 15.3 Å². The Morgan fingerprint density at radius 2 is 2.11 bits per heavy atom. The Hall–Kier alpha value is -2.05. The molecule has 100 valence electrons. The van der Waals surface area contributed by atoms with Gasteiger partial charge in [0, 0.05) is 0 Å². The van der Waals surface area contributed by atoms with E-state index >= 15 is 0 Å². The minimum atomic E-state index is -1.21. The molecule has 0 saturated carbocycles. The summed E-state index contributed by atoms with van der Waals surface area (Å²) in [6.07, 6.45) is 0.577. The second-order valence-corrected chi connectivity index (χ2v) is 4.84. The molecule has 0 aliphatic heterocycles. The molecule has 0 aliphatic rings. The first-order valence-corrected chi connectivity index (χ1v) is 5.43. The van der Waals surface area contributed by atoms with Gasteiger partial charge in [-0.2, -0.15) is 0 Å². The summed E-state index contributed by atoms with van der Waals surface area (Å²) < 4.78 is 5.00. The van der Waals surface area contributed by atoms with Gasteiger partial charge in [-0.25, -0.2) is 14.6 Å². The number of hydrogen-bond donors (Lipinski definition) is 3. The normalized spacial score (nSPS) is 12.9. The van der Waals surface area contributed by atoms with Crippen LogP contribution in [0, 0.1) is 6.92 Å². The van der Waals surface area contributed by atoms with Gasteiger partial charge in [-0.05, 0) is 27.7 Å². The highest BCUT2D eigenvalue weighted by Crippen LogP contribution is 2.13. The molecule has 1 amide bonds. The first-order valence-electron chi connectivity index (χ1n) is 5.43. The second-order valence-electron chi connectivity index (χ2n) is 4.84. The molecule has 3 N–H and O–H groups in total. The molecule has 1 heterocycles. The summed E-state index contributed by atoms with van der Waals surface area (Å²) >= 11 is 0. The standard InChI is InChI=1S/C11H17N3O4/c1-6-12-5-7(13-6)8(9(15)16)14-10(17)18-11(2,3)4/h5,8H,1-4H3,(H,12,13)(H,14,17)(H,15,16). The zero-order valence-corrected chi connectivity index (χ0v) is 10.8. The number of aliphatic carboxylic acids is 1. The maximum absolute atomic E-state index is 11.5. The number of carboxylic acid groups (broad SMARTS) is 1. The molecular weight excluding hydrogens is 238 g/mol. The number of rotatable bonds is 3. The summed E-state index contributed by atoms with van der Waals surface area (Å²) in [4.78, 5) is 29.3. The van der Waals surface area contributed by atoms with Crippen LogP contribution in [-0.4, -0.2) is 32.7 Å². The third-order valence-electron chi connectivity index (χ3n) is 1.94. The van der Waals surface area contributed by atoms with Gasteiger partial charge < -0.3 is 20.1 Å². The van der Waals surface area contributed by atoms with Gasteiger partial charge in [0.15, 0.2) is 6.04 Å². The number of aromatic nitrogens is 2. The zero-order valence-electron chi connectivity index (χ0n) is 10.8. The van der Waals surface area contributed by atoms with Gasteiger partial charge in [-0.3, -0.25) is 0 Å². The van der Waals surface area contributed by atoms with Crippen molar-refractivity contribution in [2.24, 2.45) is 0 Å². The number of hydrogen-bond acceptors (Lipinski definition) is 4. The Labute approximate surface area is 105 Å². The van der Waals surface area contributed by atoms with Crippen LogP contribution in [0.15, 0.2) is 6.20 Å². The number of nitrogens with zero attached hydrogens (tertiary/aromatic N) is 1. The second kappa shape index (κ2) is 5.07. The quantitative estimate of drug-likeness (QED) is 0.756. The maximum atomic E-state index is 11.5. The van der Waals surface area contributed by atoms with Gasteiger partial charge in [0.05, 0.1) is 11.9 Å². The Bertz CT molecular complexity index is 447. The lowest BCUT2D eigenvalue weighted by Crippen LogP contribution is -2.38. The highest BCUT2D eigenvalue weighted by atomic mass is 16.6. The van der Waals surface area contributed by atoms with Crippen LogP contribution in [-0.2, 0) is 9.53 Å². The van der Waals surface area contributed by atoms with Crippen LogP contribution < -0.4 is 5.32 Å². The number of carbonyl (C=O) groups excluding carboxylic acids is 1. The number of imidazole rings is 1. The monoisotopic (exact) mass is 255 g/mol. The SMILES string of the molecule is Cc1ncc(C(NC(=O)OC(C)(C)C)C(=O)O)[nH]1. The summed E-state index contributed by atoms with van der Waals surface area (Å²) in [5, 5.41) is 11.3. The Morgan fingerprint density at radius 3 is 2.50 bits per heavy atom. The molecule has 18 heavy (non-hydrogen) atoms. The summed E-state index contributed by atoms with van der Waals surface area (Å²) in [7, 11) is 0. The molecule has 7 heteroatoms. The van der Waals surface area contributed by atoms with E-state index in [-0.39, 0.29) is 0 Å². The molecule has 0 fully saturated rings. The number of aromatic amines is 1. The van der Waals surface area contributed by atoms with Gasteiger partial charge in [0.25, 0.3) is 0 Å². The molecular formula is C11H17N3O4. The van der Waals surface area contributed by atoms with E-state index in [0.717, 1.165) is 0 Å². The fraction of sp³-hybridized carbons (Fsp3) is 0.545. The van der Waals surface area contributed by atoms with Crippen molar-refractivity contribution in [3.8, 4) is 0 Å². The minimum absolute atomic E-state index is 0.297. The predicted molar refractivity (Wildman–Crippen MR) is 63.1 cm³/mol. The predicted octanol–water partition coefficient (Wildman–Crippen LogP) is 1.37. The maximum Gasteiger partial charge on any atom is 0.408 e. The number of carboxylic acids is 1. The summed E-state index contributed by atoms with van der Waals surface area (Å²) in [6, 6.07) is -1.21. The lowest BCUT2D eigenvalue weighted by atomic mass is 10.2. The molecule has 0 radical (unpaired) electrons. The summed E-state index contributed by atoms with van der Waals surface area (Å²) in [5.74, 6) is -0.619. The molecule has 1 aromatic rings. The summed E-state index contributed by atoms with van der Waals surface area (Å²) in [5.41, 5.74) is -0.386. The number of nitrogens with one attached hydrogen (secondary N) is 2. The fourth-order valence-corrected chi connectivity index (χ4v) is 1.28. The molecule has 1 atom stereocenters. The molecule has 7 nitrogen and oxygen atoms in total. The molecule has 0 aliphatic carbocycles. The van der Waals surface area contributed by atoms with Crippen molar-refractivity contribution >= 4 is 12.1 Å². The Morgan fingerprint density at radius 1 is 1.50 bits per heavy atom. The van der Waals surface area contributed by atoms with Crippen molar-refractivity contribution in [3.63, 3.8) is 0 Å². The highest BCUT2D eigenvalue weighted by molar-refractivity contribution is 5.80. The van der Waals surface area contributed by atoms with Gasteiger partial charge >= 0.3 is 12.1 Å². The number of H-pyrrole nitrogens is 1. The van der Waals surface area contributed by atoms with E-state index in [2.05, 4.69) is 15.3 Å². The fourth-order valence-electron chi connectivity index (χ4n) is 1.28. The topological polar surface area (TPSA) is 104 Å². The van der Waals surface area contributed by atoms with Crippen LogP contribution in [0.25, 0.3) is 0 Å². The number of amides is 1. The molecule has 1 unspecified atom stereocenters. The smallest absolute Gasteiger partial charge is 0.408 e. The molecule has 0 spiro atoms. The van der Waals surface area contributed by atoms with Crippen LogP contribution in [0.5, 0.6) is 0 Å². The van der Waals surface area contributed by atoms with E-state index in [9.17, 15) is 9.59 Å². The lowest BCUT2D eigenvalue weighted by Gasteiger charge is -2.21. The van der Waals surface area contributed by atoms with Gasteiger partial charge in [0.1, 0.15) is 11.4 Å². The summed E-state index contributed by atoms with van der Waals surface area (Å²) in [6.45, 7) is 6.78. The van der Waals surface area contributed by atoms with E-state index in [1.165, 1.54) is 6.20 Å². The molecule has 0 saturated heterocycles. The van der Waals surface area contributed by atoms with E-state index in [4.69, 9.17) is 9.84 Å². The van der Waals surface area contributed by atoms with Crippen molar-refractivity contribution in [3.05, 3.63) is 17.7 Å². The lowest BCUT2D eigenvalue weighted by molar-refractivity contribution is -0.139. The number of ether oxygens (including phenoxy) is 1. The Balaban J connectivity index is 2.76. The van der Waals surface area contributed by atoms with Crippen molar-refractivity contribution < 1.29 is 19.4 Å². The zero-order chi connectivity index (χ0) is 13.9. The van der Waals surface area contributed by atoms with Crippen molar-refractivity contribution in [2.45, 2.75) is 39.3 Å². The Kier molecular flexibility index (Phi) is 3.95. The van der Waals surface area contributed by atoms with Crippen LogP contribution in [0.4, 0.5) is 4.79 Å². The van der Waals surface area contributed by atoms with E-state index in [1.54, 1.807) is 27.7 Å². The highest BCUT2D eigenvalue weighted by Gasteiger charge is 2.26. The minimum Gasteiger partial charge on any atom is -0.479 e. The van der Waals surface area contributed by atoms with Gasteiger partial charge in [-0.15, -0.1) is 0 Å².